The largest absolute Gasteiger partial charge is 0.477 e. The van der Waals surface area contributed by atoms with E-state index >= 15 is 0 Å². The topological polar surface area (TPSA) is 72.2 Å². The molecule has 6 heteroatoms. The van der Waals surface area contributed by atoms with E-state index in [-0.39, 0.29) is 16.5 Å². The van der Waals surface area contributed by atoms with Crippen molar-refractivity contribution in [2.75, 3.05) is 0 Å². The number of hydrogen-bond donors (Lipinski definition) is 1. The summed E-state index contributed by atoms with van der Waals surface area (Å²) >= 11 is 1.05. The molecule has 0 saturated carbocycles. The molecule has 118 valence electrons. The summed E-state index contributed by atoms with van der Waals surface area (Å²) in [5, 5.41) is 9.66. The minimum atomic E-state index is -1.02. The third-order valence-corrected chi connectivity index (χ3v) is 5.21. The first kappa shape index (κ1) is 15.4. The second-order valence-electron chi connectivity index (χ2n) is 5.46. The lowest BCUT2D eigenvalue weighted by atomic mass is 10.1. The van der Waals surface area contributed by atoms with Crippen molar-refractivity contribution in [3.8, 4) is 0 Å². The van der Waals surface area contributed by atoms with Gasteiger partial charge in [-0.3, -0.25) is 9.36 Å². The standard InChI is InChI=1S/C17H16N2O3S/c1-9-13-15(23-14(9)17(21)22)18-11(3)19(16(13)20)10(2)12-7-5-4-6-8-12/h4-8,10H,1-3H3,(H,21,22). The van der Waals surface area contributed by atoms with E-state index in [4.69, 9.17) is 0 Å². The van der Waals surface area contributed by atoms with Gasteiger partial charge in [-0.1, -0.05) is 30.3 Å². The van der Waals surface area contributed by atoms with Gasteiger partial charge in [-0.25, -0.2) is 9.78 Å². The second kappa shape index (κ2) is 5.62. The fourth-order valence-corrected chi connectivity index (χ4v) is 3.89. The van der Waals surface area contributed by atoms with Gasteiger partial charge in [0.25, 0.3) is 5.56 Å². The van der Waals surface area contributed by atoms with Crippen molar-refractivity contribution >= 4 is 27.5 Å². The van der Waals surface area contributed by atoms with Crippen molar-refractivity contribution in [2.45, 2.75) is 26.8 Å². The summed E-state index contributed by atoms with van der Waals surface area (Å²) in [6, 6.07) is 9.53. The third kappa shape index (κ3) is 2.45. The molecular formula is C17H16N2O3S. The van der Waals surface area contributed by atoms with E-state index in [1.807, 2.05) is 37.3 Å². The summed E-state index contributed by atoms with van der Waals surface area (Å²) in [5.41, 5.74) is 1.30. The van der Waals surface area contributed by atoms with E-state index in [1.54, 1.807) is 18.4 Å². The van der Waals surface area contributed by atoms with Crippen LogP contribution in [0.2, 0.25) is 0 Å². The Balaban J connectivity index is 2.29. The lowest BCUT2D eigenvalue weighted by molar-refractivity contribution is 0.0701. The van der Waals surface area contributed by atoms with E-state index in [1.165, 1.54) is 0 Å². The smallest absolute Gasteiger partial charge is 0.346 e. The monoisotopic (exact) mass is 328 g/mol. The summed E-state index contributed by atoms with van der Waals surface area (Å²) in [6.45, 7) is 5.38. The highest BCUT2D eigenvalue weighted by molar-refractivity contribution is 7.20. The molecule has 2 heterocycles. The van der Waals surface area contributed by atoms with Crippen LogP contribution in [0.1, 0.15) is 39.6 Å². The van der Waals surface area contributed by atoms with Crippen LogP contribution in [0.15, 0.2) is 35.1 Å². The van der Waals surface area contributed by atoms with Crippen molar-refractivity contribution in [3.05, 3.63) is 62.5 Å². The highest BCUT2D eigenvalue weighted by Gasteiger charge is 2.22. The van der Waals surface area contributed by atoms with E-state index in [2.05, 4.69) is 4.98 Å². The lowest BCUT2D eigenvalue weighted by Crippen LogP contribution is -2.27. The first-order valence-electron chi connectivity index (χ1n) is 7.22. The molecule has 0 amide bonds. The van der Waals surface area contributed by atoms with Crippen LogP contribution in [0.4, 0.5) is 0 Å². The Morgan fingerprint density at radius 1 is 1.26 bits per heavy atom. The van der Waals surface area contributed by atoms with Crippen LogP contribution in [0, 0.1) is 13.8 Å². The number of benzene rings is 1. The Morgan fingerprint density at radius 2 is 1.91 bits per heavy atom. The van der Waals surface area contributed by atoms with Crippen molar-refractivity contribution < 1.29 is 9.90 Å². The second-order valence-corrected chi connectivity index (χ2v) is 6.46. The molecular weight excluding hydrogens is 312 g/mol. The molecule has 1 unspecified atom stereocenters. The Morgan fingerprint density at radius 3 is 2.52 bits per heavy atom. The number of aromatic carboxylic acids is 1. The number of carboxylic acid groups (broad SMARTS) is 1. The van der Waals surface area contributed by atoms with Crippen molar-refractivity contribution in [1.29, 1.82) is 0 Å². The van der Waals surface area contributed by atoms with E-state index < -0.39 is 5.97 Å². The third-order valence-electron chi connectivity index (χ3n) is 4.04. The maximum atomic E-state index is 13.0. The Bertz CT molecular complexity index is 957. The number of aromatic nitrogens is 2. The lowest BCUT2D eigenvalue weighted by Gasteiger charge is -2.18. The summed E-state index contributed by atoms with van der Waals surface area (Å²) < 4.78 is 1.63. The zero-order valence-electron chi connectivity index (χ0n) is 13.0. The van der Waals surface area contributed by atoms with E-state index in [0.29, 0.717) is 21.6 Å². The van der Waals surface area contributed by atoms with Gasteiger partial charge in [0.15, 0.2) is 0 Å². The number of carboxylic acids is 1. The average molecular weight is 328 g/mol. The quantitative estimate of drug-likeness (QED) is 0.800. The number of nitrogens with zero attached hydrogens (tertiary/aromatic N) is 2. The van der Waals surface area contributed by atoms with Gasteiger partial charge in [-0.2, -0.15) is 0 Å². The molecule has 0 aliphatic rings. The molecule has 0 spiro atoms. The molecule has 1 atom stereocenters. The Hall–Kier alpha value is -2.47. The highest BCUT2D eigenvalue weighted by Crippen LogP contribution is 2.28. The maximum Gasteiger partial charge on any atom is 0.346 e. The van der Waals surface area contributed by atoms with Gasteiger partial charge in [0, 0.05) is 0 Å². The molecule has 1 N–H and O–H groups in total. The van der Waals surface area contributed by atoms with Crippen LogP contribution in [-0.2, 0) is 0 Å². The van der Waals surface area contributed by atoms with Crippen molar-refractivity contribution in [1.82, 2.24) is 9.55 Å². The molecule has 5 nitrogen and oxygen atoms in total. The maximum absolute atomic E-state index is 13.0. The summed E-state index contributed by atoms with van der Waals surface area (Å²) in [5.74, 6) is -0.442. The zero-order valence-corrected chi connectivity index (χ0v) is 13.8. The van der Waals surface area contributed by atoms with Crippen molar-refractivity contribution in [3.63, 3.8) is 0 Å². The fourth-order valence-electron chi connectivity index (χ4n) is 2.84. The van der Waals surface area contributed by atoms with Crippen LogP contribution in [-0.4, -0.2) is 20.6 Å². The Kier molecular flexibility index (Phi) is 3.77. The van der Waals surface area contributed by atoms with Gasteiger partial charge >= 0.3 is 5.97 Å². The number of hydrogen-bond acceptors (Lipinski definition) is 4. The van der Waals surface area contributed by atoms with Crippen LogP contribution in [0.5, 0.6) is 0 Å². The number of fused-ring (bicyclic) bond motifs is 1. The van der Waals surface area contributed by atoms with Gasteiger partial charge in [-0.15, -0.1) is 11.3 Å². The molecule has 3 rings (SSSR count). The minimum Gasteiger partial charge on any atom is -0.477 e. The molecule has 0 saturated heterocycles. The van der Waals surface area contributed by atoms with Crippen LogP contribution in [0.25, 0.3) is 10.2 Å². The number of aryl methyl sites for hydroxylation is 2. The van der Waals surface area contributed by atoms with Gasteiger partial charge in [0.1, 0.15) is 15.5 Å². The summed E-state index contributed by atoms with van der Waals surface area (Å²) in [4.78, 5) is 29.4. The van der Waals surface area contributed by atoms with Crippen LogP contribution >= 0.6 is 11.3 Å². The molecule has 23 heavy (non-hydrogen) atoms. The predicted octanol–water partition coefficient (Wildman–Crippen LogP) is 3.38. The number of carbonyl (C=O) groups is 1. The molecule has 0 bridgehead atoms. The first-order chi connectivity index (χ1) is 10.9. The van der Waals surface area contributed by atoms with Gasteiger partial charge < -0.3 is 5.11 Å². The molecule has 0 aliphatic heterocycles. The van der Waals surface area contributed by atoms with Gasteiger partial charge in [0.2, 0.25) is 0 Å². The molecule has 0 aliphatic carbocycles. The first-order valence-corrected chi connectivity index (χ1v) is 8.04. The molecule has 0 radical (unpaired) electrons. The van der Waals surface area contributed by atoms with Gasteiger partial charge in [0.05, 0.1) is 11.4 Å². The van der Waals surface area contributed by atoms with Gasteiger partial charge in [-0.05, 0) is 31.9 Å². The SMILES string of the molecule is Cc1c(C(=O)O)sc2nc(C)n(C(C)c3ccccc3)c(=O)c12. The highest BCUT2D eigenvalue weighted by atomic mass is 32.1. The predicted molar refractivity (Wildman–Crippen MR) is 90.6 cm³/mol. The fraction of sp³-hybridized carbons (Fsp3) is 0.235. The molecule has 0 fully saturated rings. The molecule has 3 aromatic rings. The summed E-state index contributed by atoms with van der Waals surface area (Å²) in [6.07, 6.45) is 0. The minimum absolute atomic E-state index is 0.173. The molecule has 1 aromatic carbocycles. The van der Waals surface area contributed by atoms with Crippen LogP contribution < -0.4 is 5.56 Å². The van der Waals surface area contributed by atoms with E-state index in [9.17, 15) is 14.7 Å². The normalized spacial score (nSPS) is 12.5. The molecule has 2 aromatic heterocycles. The van der Waals surface area contributed by atoms with E-state index in [0.717, 1.165) is 16.9 Å². The number of thiophene rings is 1. The average Bonchev–Trinajstić information content (AvgIpc) is 2.85. The van der Waals surface area contributed by atoms with Crippen molar-refractivity contribution in [2.24, 2.45) is 0 Å². The zero-order chi connectivity index (χ0) is 16.7. The summed E-state index contributed by atoms with van der Waals surface area (Å²) in [7, 11) is 0. The van der Waals surface area contributed by atoms with Crippen LogP contribution in [0.3, 0.4) is 0 Å². The Labute approximate surface area is 136 Å². The number of rotatable bonds is 3.